The summed E-state index contributed by atoms with van der Waals surface area (Å²) in [6, 6.07) is 0.351. The Morgan fingerprint density at radius 1 is 1.57 bits per heavy atom. The monoisotopic (exact) mass is 200 g/mol. The Bertz CT molecular complexity index is 189. The summed E-state index contributed by atoms with van der Waals surface area (Å²) in [5.41, 5.74) is 5.64. The van der Waals surface area contributed by atoms with Gasteiger partial charge in [0.05, 0.1) is 6.10 Å². The quantitative estimate of drug-likeness (QED) is 0.669. The summed E-state index contributed by atoms with van der Waals surface area (Å²) in [5.74, 6) is 0.548. The van der Waals surface area contributed by atoms with Crippen LogP contribution in [0.3, 0.4) is 0 Å². The number of nitrogens with one attached hydrogen (secondary N) is 1. The average Bonchev–Trinajstić information content (AvgIpc) is 2.07. The fourth-order valence-corrected chi connectivity index (χ4v) is 1.51. The summed E-state index contributed by atoms with van der Waals surface area (Å²) in [4.78, 5) is 11.2. The second-order valence-electron chi connectivity index (χ2n) is 4.26. The van der Waals surface area contributed by atoms with Crippen LogP contribution in [-0.4, -0.2) is 31.2 Å². The van der Waals surface area contributed by atoms with Gasteiger partial charge in [0.1, 0.15) is 6.61 Å². The van der Waals surface area contributed by atoms with E-state index in [1.807, 2.05) is 13.8 Å². The molecule has 0 heterocycles. The van der Waals surface area contributed by atoms with Crippen LogP contribution in [0.5, 0.6) is 0 Å². The number of carbonyl (C=O) groups is 1. The SMILES string of the molecule is CC(C)OCC(=O)NCC1CC(N)C1. The molecule has 4 nitrogen and oxygen atoms in total. The predicted octanol–water partition coefficient (Wildman–Crippen LogP) is 0.265. The van der Waals surface area contributed by atoms with Gasteiger partial charge in [0.2, 0.25) is 5.91 Å². The zero-order valence-electron chi connectivity index (χ0n) is 8.95. The Kier molecular flexibility index (Phi) is 4.35. The molecule has 1 rings (SSSR count). The largest absolute Gasteiger partial charge is 0.369 e. The highest BCUT2D eigenvalue weighted by Gasteiger charge is 2.25. The second kappa shape index (κ2) is 5.32. The van der Waals surface area contributed by atoms with Crippen LogP contribution in [-0.2, 0) is 9.53 Å². The number of amides is 1. The highest BCUT2D eigenvalue weighted by atomic mass is 16.5. The second-order valence-corrected chi connectivity index (χ2v) is 4.26. The van der Waals surface area contributed by atoms with Gasteiger partial charge in [-0.15, -0.1) is 0 Å². The maximum atomic E-state index is 11.2. The molecule has 0 atom stereocenters. The van der Waals surface area contributed by atoms with E-state index in [1.54, 1.807) is 0 Å². The van der Waals surface area contributed by atoms with Crippen molar-refractivity contribution in [3.05, 3.63) is 0 Å². The van der Waals surface area contributed by atoms with Crippen LogP contribution < -0.4 is 11.1 Å². The smallest absolute Gasteiger partial charge is 0.246 e. The molecule has 0 unspecified atom stereocenters. The number of rotatable bonds is 5. The Morgan fingerprint density at radius 2 is 2.21 bits per heavy atom. The molecular formula is C10H20N2O2. The van der Waals surface area contributed by atoms with Crippen LogP contribution in [0.1, 0.15) is 26.7 Å². The van der Waals surface area contributed by atoms with E-state index < -0.39 is 0 Å². The lowest BCUT2D eigenvalue weighted by atomic mass is 9.81. The Labute approximate surface area is 85.2 Å². The lowest BCUT2D eigenvalue weighted by molar-refractivity contribution is -0.127. The number of ether oxygens (including phenoxy) is 1. The molecule has 0 aromatic rings. The first-order chi connectivity index (χ1) is 6.58. The zero-order chi connectivity index (χ0) is 10.6. The molecule has 0 aromatic heterocycles. The van der Waals surface area contributed by atoms with Gasteiger partial charge >= 0.3 is 0 Å². The molecular weight excluding hydrogens is 180 g/mol. The number of nitrogens with two attached hydrogens (primary N) is 1. The van der Waals surface area contributed by atoms with E-state index in [0.29, 0.717) is 12.0 Å². The summed E-state index contributed by atoms with van der Waals surface area (Å²) in [6.07, 6.45) is 2.18. The Hall–Kier alpha value is -0.610. The lowest BCUT2D eigenvalue weighted by Crippen LogP contribution is -2.43. The van der Waals surface area contributed by atoms with Crippen LogP contribution in [0, 0.1) is 5.92 Å². The van der Waals surface area contributed by atoms with E-state index in [4.69, 9.17) is 10.5 Å². The summed E-state index contributed by atoms with van der Waals surface area (Å²) < 4.78 is 5.17. The Morgan fingerprint density at radius 3 is 2.71 bits per heavy atom. The molecule has 3 N–H and O–H groups in total. The number of hydrogen-bond donors (Lipinski definition) is 2. The topological polar surface area (TPSA) is 64.3 Å². The van der Waals surface area contributed by atoms with Gasteiger partial charge in [-0.2, -0.15) is 0 Å². The molecule has 0 aromatic carbocycles. The minimum Gasteiger partial charge on any atom is -0.369 e. The van der Waals surface area contributed by atoms with Gasteiger partial charge in [0.25, 0.3) is 0 Å². The minimum absolute atomic E-state index is 0.0285. The van der Waals surface area contributed by atoms with E-state index in [0.717, 1.165) is 19.4 Å². The molecule has 0 bridgehead atoms. The highest BCUT2D eigenvalue weighted by molar-refractivity contribution is 5.77. The summed E-state index contributed by atoms with van der Waals surface area (Å²) >= 11 is 0. The van der Waals surface area contributed by atoms with E-state index in [-0.39, 0.29) is 18.6 Å². The molecule has 0 spiro atoms. The normalized spacial score (nSPS) is 26.0. The van der Waals surface area contributed by atoms with Crippen molar-refractivity contribution in [3.63, 3.8) is 0 Å². The molecule has 82 valence electrons. The van der Waals surface area contributed by atoms with Crippen molar-refractivity contribution in [2.24, 2.45) is 11.7 Å². The first kappa shape index (κ1) is 11.5. The molecule has 1 aliphatic rings. The molecule has 1 saturated carbocycles. The molecule has 1 fully saturated rings. The van der Waals surface area contributed by atoms with Crippen LogP contribution in [0.25, 0.3) is 0 Å². The van der Waals surface area contributed by atoms with Gasteiger partial charge in [-0.05, 0) is 32.6 Å². The molecule has 14 heavy (non-hydrogen) atoms. The van der Waals surface area contributed by atoms with Crippen molar-refractivity contribution in [1.82, 2.24) is 5.32 Å². The lowest BCUT2D eigenvalue weighted by Gasteiger charge is -2.32. The Balaban J connectivity index is 1.98. The predicted molar refractivity (Wildman–Crippen MR) is 54.8 cm³/mol. The summed E-state index contributed by atoms with van der Waals surface area (Å²) in [6.45, 7) is 4.74. The van der Waals surface area contributed by atoms with Gasteiger partial charge in [-0.3, -0.25) is 4.79 Å². The van der Waals surface area contributed by atoms with Crippen LogP contribution in [0.2, 0.25) is 0 Å². The zero-order valence-corrected chi connectivity index (χ0v) is 8.95. The van der Waals surface area contributed by atoms with Crippen LogP contribution >= 0.6 is 0 Å². The molecule has 4 heteroatoms. The molecule has 1 amide bonds. The van der Waals surface area contributed by atoms with E-state index in [1.165, 1.54) is 0 Å². The van der Waals surface area contributed by atoms with Crippen molar-refractivity contribution >= 4 is 5.91 Å². The maximum absolute atomic E-state index is 11.2. The van der Waals surface area contributed by atoms with Crippen LogP contribution in [0.4, 0.5) is 0 Å². The standard InChI is InChI=1S/C10H20N2O2/c1-7(2)14-6-10(13)12-5-8-3-9(11)4-8/h7-9H,3-6,11H2,1-2H3,(H,12,13). The van der Waals surface area contributed by atoms with Gasteiger partial charge < -0.3 is 15.8 Å². The van der Waals surface area contributed by atoms with Gasteiger partial charge in [0.15, 0.2) is 0 Å². The molecule has 0 aliphatic heterocycles. The number of hydrogen-bond acceptors (Lipinski definition) is 3. The van der Waals surface area contributed by atoms with Crippen LogP contribution in [0.15, 0.2) is 0 Å². The molecule has 0 saturated heterocycles. The fourth-order valence-electron chi connectivity index (χ4n) is 1.51. The number of carbonyl (C=O) groups excluding carboxylic acids is 1. The van der Waals surface area contributed by atoms with Crippen molar-refractivity contribution in [1.29, 1.82) is 0 Å². The summed E-state index contributed by atoms with van der Waals surface area (Å²) in [7, 11) is 0. The molecule has 1 aliphatic carbocycles. The van der Waals surface area contributed by atoms with Crippen molar-refractivity contribution in [2.45, 2.75) is 38.8 Å². The van der Waals surface area contributed by atoms with Crippen molar-refractivity contribution in [3.8, 4) is 0 Å². The van der Waals surface area contributed by atoms with Crippen molar-refractivity contribution in [2.75, 3.05) is 13.2 Å². The highest BCUT2D eigenvalue weighted by Crippen LogP contribution is 2.24. The first-order valence-electron chi connectivity index (χ1n) is 5.21. The minimum atomic E-state index is -0.0285. The van der Waals surface area contributed by atoms with Gasteiger partial charge in [0, 0.05) is 12.6 Å². The third kappa shape index (κ3) is 4.07. The molecule has 0 radical (unpaired) electrons. The average molecular weight is 200 g/mol. The summed E-state index contributed by atoms with van der Waals surface area (Å²) in [5, 5.41) is 2.84. The maximum Gasteiger partial charge on any atom is 0.246 e. The van der Waals surface area contributed by atoms with E-state index >= 15 is 0 Å². The van der Waals surface area contributed by atoms with Gasteiger partial charge in [-0.25, -0.2) is 0 Å². The van der Waals surface area contributed by atoms with E-state index in [9.17, 15) is 4.79 Å². The van der Waals surface area contributed by atoms with Crippen molar-refractivity contribution < 1.29 is 9.53 Å². The third-order valence-electron chi connectivity index (χ3n) is 2.41. The van der Waals surface area contributed by atoms with Gasteiger partial charge in [-0.1, -0.05) is 0 Å². The third-order valence-corrected chi connectivity index (χ3v) is 2.41. The fraction of sp³-hybridized carbons (Fsp3) is 0.900. The van der Waals surface area contributed by atoms with E-state index in [2.05, 4.69) is 5.32 Å². The first-order valence-corrected chi connectivity index (χ1v) is 5.21.